The van der Waals surface area contributed by atoms with Crippen LogP contribution in [0.5, 0.6) is 5.75 Å². The fourth-order valence-electron chi connectivity index (χ4n) is 3.31. The number of carboxylic acid groups (broad SMARTS) is 1. The van der Waals surface area contributed by atoms with Gasteiger partial charge in [0.1, 0.15) is 5.75 Å². The first-order valence-corrected chi connectivity index (χ1v) is 9.16. The Bertz CT molecular complexity index is 655. The van der Waals surface area contributed by atoms with Gasteiger partial charge in [0, 0.05) is 32.7 Å². The lowest BCUT2D eigenvalue weighted by molar-refractivity contribution is -0.138. The highest BCUT2D eigenvalue weighted by atomic mass is 35.5. The van der Waals surface area contributed by atoms with Gasteiger partial charge in [0.2, 0.25) is 5.91 Å². The molecule has 1 aliphatic heterocycles. The van der Waals surface area contributed by atoms with Crippen LogP contribution in [0.3, 0.4) is 0 Å². The van der Waals surface area contributed by atoms with Gasteiger partial charge in [-0.2, -0.15) is 8.78 Å². The van der Waals surface area contributed by atoms with Gasteiger partial charge < -0.3 is 14.7 Å². The van der Waals surface area contributed by atoms with Crippen LogP contribution in [0.4, 0.5) is 8.78 Å². The van der Waals surface area contributed by atoms with E-state index < -0.39 is 12.6 Å². The molecule has 1 aromatic rings. The molecule has 1 amide bonds. The third kappa shape index (κ3) is 8.51. The fourth-order valence-corrected chi connectivity index (χ4v) is 3.31. The van der Waals surface area contributed by atoms with E-state index in [1.165, 1.54) is 12.1 Å². The van der Waals surface area contributed by atoms with Crippen LogP contribution in [0, 0.1) is 0 Å². The molecule has 0 bridgehead atoms. The fraction of sp³-hybridized carbons (Fsp3) is 0.579. The third-order valence-electron chi connectivity index (χ3n) is 4.92. The van der Waals surface area contributed by atoms with Gasteiger partial charge >= 0.3 is 12.6 Å². The molecule has 0 unspecified atom stereocenters. The molecule has 164 valence electrons. The van der Waals surface area contributed by atoms with E-state index in [1.807, 2.05) is 11.9 Å². The zero-order valence-corrected chi connectivity index (χ0v) is 17.4. The van der Waals surface area contributed by atoms with E-state index in [2.05, 4.69) is 9.64 Å². The lowest BCUT2D eigenvalue weighted by atomic mass is 10.0. The van der Waals surface area contributed by atoms with Crippen LogP contribution in [0.15, 0.2) is 24.3 Å². The molecule has 10 heteroatoms. The number of hydrogen-bond donors (Lipinski definition) is 1. The summed E-state index contributed by atoms with van der Waals surface area (Å²) in [6.45, 7) is -0.664. The highest BCUT2D eigenvalue weighted by Crippen LogP contribution is 2.17. The van der Waals surface area contributed by atoms with Gasteiger partial charge in [-0.25, -0.2) is 0 Å². The number of amides is 1. The van der Waals surface area contributed by atoms with Gasteiger partial charge in [-0.05, 0) is 37.6 Å². The number of aliphatic carboxylic acids is 1. The zero-order valence-electron chi connectivity index (χ0n) is 16.6. The summed E-state index contributed by atoms with van der Waals surface area (Å²) in [5, 5.41) is 8.88. The zero-order chi connectivity index (χ0) is 20.7. The Morgan fingerprint density at radius 1 is 1.21 bits per heavy atom. The van der Waals surface area contributed by atoms with Crippen molar-refractivity contribution in [2.45, 2.75) is 32.0 Å². The van der Waals surface area contributed by atoms with Crippen molar-refractivity contribution in [3.63, 3.8) is 0 Å². The van der Waals surface area contributed by atoms with Crippen LogP contribution in [-0.2, 0) is 16.1 Å². The third-order valence-corrected chi connectivity index (χ3v) is 4.92. The molecule has 0 aromatic heterocycles. The van der Waals surface area contributed by atoms with Crippen LogP contribution in [-0.4, -0.2) is 84.6 Å². The number of nitrogens with zero attached hydrogens (tertiary/aromatic N) is 3. The first-order valence-electron chi connectivity index (χ1n) is 9.16. The Hall–Kier alpha value is -1.97. The van der Waals surface area contributed by atoms with Gasteiger partial charge in [-0.1, -0.05) is 12.1 Å². The average molecular weight is 436 g/mol. The molecule has 29 heavy (non-hydrogen) atoms. The van der Waals surface area contributed by atoms with Crippen molar-refractivity contribution in [1.82, 2.24) is 14.7 Å². The summed E-state index contributed by atoms with van der Waals surface area (Å²) in [6.07, 6.45) is 1.65. The number of halogens is 3. The lowest BCUT2D eigenvalue weighted by Crippen LogP contribution is -2.47. The topological polar surface area (TPSA) is 73.3 Å². The molecule has 1 aromatic carbocycles. The molecule has 1 fully saturated rings. The van der Waals surface area contributed by atoms with Crippen molar-refractivity contribution in [2.24, 2.45) is 0 Å². The van der Waals surface area contributed by atoms with Gasteiger partial charge in [0.25, 0.3) is 0 Å². The largest absolute Gasteiger partial charge is 0.480 e. The molecule has 1 aliphatic rings. The number of hydrogen-bond acceptors (Lipinski definition) is 5. The van der Waals surface area contributed by atoms with E-state index in [9.17, 15) is 18.4 Å². The van der Waals surface area contributed by atoms with Crippen molar-refractivity contribution >= 4 is 24.3 Å². The van der Waals surface area contributed by atoms with Crippen LogP contribution in [0.1, 0.15) is 18.4 Å². The number of likely N-dealkylation sites (N-methyl/N-ethyl adjacent to an activating group) is 2. The number of benzene rings is 1. The molecule has 0 spiro atoms. The normalized spacial score (nSPS) is 15.2. The molecule has 2 rings (SSSR count). The second-order valence-electron chi connectivity index (χ2n) is 7.09. The smallest absolute Gasteiger partial charge is 0.387 e. The molecule has 1 saturated heterocycles. The first kappa shape index (κ1) is 25.1. The quantitative estimate of drug-likeness (QED) is 0.640. The Morgan fingerprint density at radius 2 is 1.79 bits per heavy atom. The maximum absolute atomic E-state index is 12.5. The molecule has 0 aliphatic carbocycles. The summed E-state index contributed by atoms with van der Waals surface area (Å²) >= 11 is 0. The number of carbonyl (C=O) groups excluding carboxylic acids is 1. The molecular formula is C19H28ClF2N3O4. The Morgan fingerprint density at radius 3 is 2.31 bits per heavy atom. The summed E-state index contributed by atoms with van der Waals surface area (Å²) in [4.78, 5) is 28.8. The molecule has 0 radical (unpaired) electrons. The maximum Gasteiger partial charge on any atom is 0.387 e. The second kappa shape index (κ2) is 11.9. The number of ether oxygens (including phenoxy) is 1. The van der Waals surface area contributed by atoms with Crippen molar-refractivity contribution in [3.8, 4) is 5.75 Å². The molecule has 1 N–H and O–H groups in total. The summed E-state index contributed by atoms with van der Waals surface area (Å²) in [6, 6.07) is 6.45. The van der Waals surface area contributed by atoms with Crippen molar-refractivity contribution in [1.29, 1.82) is 0 Å². The van der Waals surface area contributed by atoms with E-state index in [4.69, 9.17) is 5.11 Å². The Balaban J connectivity index is 0.00000420. The van der Waals surface area contributed by atoms with E-state index in [0.29, 0.717) is 13.1 Å². The predicted molar refractivity (Wildman–Crippen MR) is 107 cm³/mol. The molecule has 0 atom stereocenters. The number of piperidine rings is 1. The van der Waals surface area contributed by atoms with E-state index in [0.717, 1.165) is 31.5 Å². The summed E-state index contributed by atoms with van der Waals surface area (Å²) in [5.74, 6) is -0.774. The van der Waals surface area contributed by atoms with Gasteiger partial charge in [0.15, 0.2) is 0 Å². The number of carboxylic acids is 1. The molecule has 0 saturated carbocycles. The SMILES string of the molecule is CN(Cc1ccc(OC(F)F)cc1)C(=O)CN1CCC(N(C)CC(=O)O)CC1.Cl. The standard InChI is InChI=1S/C19H27F2N3O4.ClH/c1-22(13-18(26)27)15-7-9-24(10-8-15)12-17(25)23(2)11-14-3-5-16(6-4-14)28-19(20)21;/h3-6,15,19H,7-13H2,1-2H3,(H,26,27);1H. The van der Waals surface area contributed by atoms with Crippen LogP contribution in [0.25, 0.3) is 0 Å². The minimum atomic E-state index is -2.86. The number of carbonyl (C=O) groups is 2. The van der Waals surface area contributed by atoms with Gasteiger partial charge in [0.05, 0.1) is 13.1 Å². The minimum Gasteiger partial charge on any atom is -0.480 e. The number of rotatable bonds is 9. The van der Waals surface area contributed by atoms with E-state index in [1.54, 1.807) is 24.1 Å². The maximum atomic E-state index is 12.5. The van der Waals surface area contributed by atoms with Crippen molar-refractivity contribution in [2.75, 3.05) is 40.3 Å². The lowest BCUT2D eigenvalue weighted by Gasteiger charge is -2.36. The Labute approximate surface area is 175 Å². The van der Waals surface area contributed by atoms with E-state index in [-0.39, 0.29) is 36.7 Å². The average Bonchev–Trinajstić information content (AvgIpc) is 2.63. The van der Waals surface area contributed by atoms with Crippen LogP contribution in [0.2, 0.25) is 0 Å². The van der Waals surface area contributed by atoms with E-state index >= 15 is 0 Å². The summed E-state index contributed by atoms with van der Waals surface area (Å²) < 4.78 is 28.7. The minimum absolute atomic E-state index is 0. The predicted octanol–water partition coefficient (Wildman–Crippen LogP) is 2.15. The Kier molecular flexibility index (Phi) is 10.3. The summed E-state index contributed by atoms with van der Waals surface area (Å²) in [5.41, 5.74) is 0.825. The monoisotopic (exact) mass is 435 g/mol. The van der Waals surface area contributed by atoms with Crippen molar-refractivity contribution < 1.29 is 28.2 Å². The highest BCUT2D eigenvalue weighted by Gasteiger charge is 2.25. The second-order valence-corrected chi connectivity index (χ2v) is 7.09. The first-order chi connectivity index (χ1) is 13.2. The number of likely N-dealkylation sites (tertiary alicyclic amines) is 1. The van der Waals surface area contributed by atoms with Crippen LogP contribution >= 0.6 is 12.4 Å². The molecular weight excluding hydrogens is 408 g/mol. The molecule has 7 nitrogen and oxygen atoms in total. The molecule has 1 heterocycles. The highest BCUT2D eigenvalue weighted by molar-refractivity contribution is 5.85. The van der Waals surface area contributed by atoms with Gasteiger partial charge in [-0.15, -0.1) is 12.4 Å². The number of alkyl halides is 2. The van der Waals surface area contributed by atoms with Gasteiger partial charge in [-0.3, -0.25) is 19.4 Å². The summed E-state index contributed by atoms with van der Waals surface area (Å²) in [7, 11) is 3.52. The van der Waals surface area contributed by atoms with Crippen molar-refractivity contribution in [3.05, 3.63) is 29.8 Å². The van der Waals surface area contributed by atoms with Crippen LogP contribution < -0.4 is 4.74 Å².